The number of H-pyrrole nitrogens is 2. The smallest absolute Gasteiger partial charge is 0.314 e. The molecule has 0 saturated carbocycles. The zero-order chi connectivity index (χ0) is 18.4. The van der Waals surface area contributed by atoms with Crippen molar-refractivity contribution in [3.05, 3.63) is 66.1 Å². The van der Waals surface area contributed by atoms with Crippen molar-refractivity contribution >= 4 is 54.3 Å². The summed E-state index contributed by atoms with van der Waals surface area (Å²) in [5, 5.41) is -0.0865. The molecular formula is C15H11BrClN3O4S. The van der Waals surface area contributed by atoms with E-state index in [1.165, 1.54) is 12.1 Å². The zero-order valence-corrected chi connectivity index (χ0v) is 15.8. The maximum absolute atomic E-state index is 12.6. The number of benzene rings is 2. The lowest BCUT2D eigenvalue weighted by Crippen LogP contribution is -2.29. The van der Waals surface area contributed by atoms with Gasteiger partial charge in [-0.2, -0.15) is 0 Å². The van der Waals surface area contributed by atoms with Gasteiger partial charge in [0.15, 0.2) is 0 Å². The number of hydrogen-bond donors (Lipinski definition) is 3. The number of fused-ring (bicyclic) bond motifs is 1. The van der Waals surface area contributed by atoms with Gasteiger partial charge in [0.25, 0.3) is 10.0 Å². The van der Waals surface area contributed by atoms with Gasteiger partial charge in [-0.05, 0) is 42.8 Å². The number of nitrogens with one attached hydrogen (secondary N) is 3. The van der Waals surface area contributed by atoms with E-state index < -0.39 is 21.1 Å². The Morgan fingerprint density at radius 2 is 1.64 bits per heavy atom. The summed E-state index contributed by atoms with van der Waals surface area (Å²) in [4.78, 5) is 27.2. The lowest BCUT2D eigenvalue weighted by atomic mass is 10.2. The number of halogens is 2. The Labute approximate surface area is 155 Å². The Hall–Kier alpha value is -2.10. The number of sulfonamides is 1. The van der Waals surface area contributed by atoms with E-state index in [4.69, 9.17) is 11.6 Å². The first kappa shape index (κ1) is 17.7. The predicted molar refractivity (Wildman–Crippen MR) is 99.9 cm³/mol. The first-order valence-corrected chi connectivity index (χ1v) is 9.57. The molecule has 130 valence electrons. The van der Waals surface area contributed by atoms with E-state index in [1.807, 2.05) is 6.92 Å². The van der Waals surface area contributed by atoms with Gasteiger partial charge in [-0.1, -0.05) is 27.5 Å². The maximum atomic E-state index is 12.6. The van der Waals surface area contributed by atoms with Crippen LogP contribution in [-0.2, 0) is 10.0 Å². The molecule has 3 aromatic rings. The van der Waals surface area contributed by atoms with Crippen LogP contribution < -0.4 is 15.8 Å². The molecule has 0 aliphatic rings. The highest BCUT2D eigenvalue weighted by Gasteiger charge is 2.20. The molecule has 0 spiro atoms. The van der Waals surface area contributed by atoms with Gasteiger partial charge < -0.3 is 9.97 Å². The van der Waals surface area contributed by atoms with Crippen LogP contribution in [0.25, 0.3) is 11.0 Å². The fourth-order valence-electron chi connectivity index (χ4n) is 2.24. The van der Waals surface area contributed by atoms with Gasteiger partial charge in [0.2, 0.25) is 0 Å². The Balaban J connectivity index is 2.11. The molecule has 1 heterocycles. The second kappa shape index (κ2) is 6.32. The summed E-state index contributed by atoms with van der Waals surface area (Å²) in [6.07, 6.45) is 0. The van der Waals surface area contributed by atoms with Crippen molar-refractivity contribution in [2.75, 3.05) is 4.72 Å². The number of rotatable bonds is 3. The molecule has 0 aliphatic heterocycles. The van der Waals surface area contributed by atoms with Crippen molar-refractivity contribution in [1.29, 1.82) is 0 Å². The van der Waals surface area contributed by atoms with Crippen LogP contribution in [0.3, 0.4) is 0 Å². The molecule has 25 heavy (non-hydrogen) atoms. The Morgan fingerprint density at radius 3 is 2.24 bits per heavy atom. The van der Waals surface area contributed by atoms with E-state index in [0.717, 1.165) is 10.0 Å². The summed E-state index contributed by atoms with van der Waals surface area (Å²) in [6, 6.07) is 7.45. The van der Waals surface area contributed by atoms with Crippen LogP contribution in [0.5, 0.6) is 0 Å². The van der Waals surface area contributed by atoms with Crippen LogP contribution in [0.4, 0.5) is 5.69 Å². The van der Waals surface area contributed by atoms with Crippen LogP contribution in [0, 0.1) is 6.92 Å². The maximum Gasteiger partial charge on any atom is 0.314 e. The van der Waals surface area contributed by atoms with Gasteiger partial charge in [0.05, 0.1) is 16.1 Å². The zero-order valence-electron chi connectivity index (χ0n) is 12.7. The summed E-state index contributed by atoms with van der Waals surface area (Å²) in [6.45, 7) is 1.83. The van der Waals surface area contributed by atoms with Crippen LogP contribution in [-0.4, -0.2) is 18.4 Å². The topological polar surface area (TPSA) is 112 Å². The molecule has 3 N–H and O–H groups in total. The van der Waals surface area contributed by atoms with Crippen molar-refractivity contribution in [3.8, 4) is 0 Å². The van der Waals surface area contributed by atoms with Crippen molar-refractivity contribution in [3.63, 3.8) is 0 Å². The molecule has 0 fully saturated rings. The van der Waals surface area contributed by atoms with E-state index in [2.05, 4.69) is 30.6 Å². The fourth-order valence-corrected chi connectivity index (χ4v) is 4.09. The number of hydrogen-bond acceptors (Lipinski definition) is 4. The van der Waals surface area contributed by atoms with Gasteiger partial charge in [-0.3, -0.25) is 14.3 Å². The normalized spacial score (nSPS) is 11.6. The summed E-state index contributed by atoms with van der Waals surface area (Å²) in [5.41, 5.74) is -0.120. The van der Waals surface area contributed by atoms with Crippen molar-refractivity contribution in [2.24, 2.45) is 0 Å². The Morgan fingerprint density at radius 1 is 1.04 bits per heavy atom. The van der Waals surface area contributed by atoms with Crippen molar-refractivity contribution < 1.29 is 8.42 Å². The summed E-state index contributed by atoms with van der Waals surface area (Å²) >= 11 is 9.41. The van der Waals surface area contributed by atoms with Gasteiger partial charge in [0, 0.05) is 10.2 Å². The molecule has 10 heteroatoms. The highest BCUT2D eigenvalue weighted by atomic mass is 79.9. The molecule has 7 nitrogen and oxygen atoms in total. The third kappa shape index (κ3) is 3.48. The fraction of sp³-hybridized carbons (Fsp3) is 0.0667. The molecule has 0 unspecified atom stereocenters. The largest absolute Gasteiger partial charge is 0.316 e. The van der Waals surface area contributed by atoms with Crippen LogP contribution in [0.15, 0.2) is 49.3 Å². The first-order valence-electron chi connectivity index (χ1n) is 6.92. The number of aromatic nitrogens is 2. The lowest BCUT2D eigenvalue weighted by molar-refractivity contribution is 0.601. The van der Waals surface area contributed by atoms with E-state index in [9.17, 15) is 18.0 Å². The predicted octanol–water partition coefficient (Wildman–Crippen LogP) is 2.74. The molecule has 2 aromatic carbocycles. The molecule has 0 saturated heterocycles. The lowest BCUT2D eigenvalue weighted by Gasteiger charge is -2.11. The van der Waals surface area contributed by atoms with Gasteiger partial charge in [-0.15, -0.1) is 0 Å². The number of anilines is 1. The summed E-state index contributed by atoms with van der Waals surface area (Å²) < 4.78 is 28.6. The van der Waals surface area contributed by atoms with Crippen molar-refractivity contribution in [1.82, 2.24) is 9.97 Å². The van der Waals surface area contributed by atoms with Crippen LogP contribution in [0.2, 0.25) is 5.02 Å². The second-order valence-electron chi connectivity index (χ2n) is 5.31. The highest BCUT2D eigenvalue weighted by Crippen LogP contribution is 2.28. The third-order valence-electron chi connectivity index (χ3n) is 3.47. The molecule has 3 rings (SSSR count). The minimum atomic E-state index is -4.00. The van der Waals surface area contributed by atoms with E-state index in [0.29, 0.717) is 5.69 Å². The molecule has 0 amide bonds. The highest BCUT2D eigenvalue weighted by molar-refractivity contribution is 9.10. The SMILES string of the molecule is Cc1cc(NS(=O)(=O)c2cc3[nH]c(=O)c(=O)[nH]c3cc2Cl)ccc1Br. The van der Waals surface area contributed by atoms with E-state index >= 15 is 0 Å². The third-order valence-corrected chi connectivity index (χ3v) is 6.21. The Bertz CT molecular complexity index is 1220. The van der Waals surface area contributed by atoms with Gasteiger partial charge >= 0.3 is 11.1 Å². The minimum Gasteiger partial charge on any atom is -0.316 e. The molecule has 0 atom stereocenters. The van der Waals surface area contributed by atoms with Crippen molar-refractivity contribution in [2.45, 2.75) is 11.8 Å². The number of aryl methyl sites for hydroxylation is 1. The average molecular weight is 445 g/mol. The molecule has 0 aliphatic carbocycles. The molecule has 0 bridgehead atoms. The Kier molecular flexibility index (Phi) is 4.48. The van der Waals surface area contributed by atoms with Crippen LogP contribution >= 0.6 is 27.5 Å². The van der Waals surface area contributed by atoms with Gasteiger partial charge in [-0.25, -0.2) is 8.42 Å². The van der Waals surface area contributed by atoms with E-state index in [1.54, 1.807) is 18.2 Å². The molecular weight excluding hydrogens is 434 g/mol. The van der Waals surface area contributed by atoms with Crippen LogP contribution in [0.1, 0.15) is 5.56 Å². The standard InChI is InChI=1S/C15H11BrClN3O4S/c1-7-4-8(2-3-9(7)16)20-25(23,24)13-6-12-11(5-10(13)17)18-14(21)15(22)19-12/h2-6,20H,1H3,(H,18,21)(H,19,22). The summed E-state index contributed by atoms with van der Waals surface area (Å²) in [7, 11) is -4.00. The first-order chi connectivity index (χ1) is 11.7. The summed E-state index contributed by atoms with van der Waals surface area (Å²) in [5.74, 6) is 0. The van der Waals surface area contributed by atoms with Gasteiger partial charge in [0.1, 0.15) is 4.90 Å². The average Bonchev–Trinajstić information content (AvgIpc) is 2.51. The molecule has 0 radical (unpaired) electrons. The minimum absolute atomic E-state index is 0.0865. The second-order valence-corrected chi connectivity index (χ2v) is 8.22. The monoisotopic (exact) mass is 443 g/mol. The quantitative estimate of drug-likeness (QED) is 0.539. The number of aromatic amines is 2. The molecule has 1 aromatic heterocycles. The van der Waals surface area contributed by atoms with E-state index in [-0.39, 0.29) is 21.0 Å².